The third kappa shape index (κ3) is 1.24. The molecule has 0 radical (unpaired) electrons. The molecule has 0 aliphatic carbocycles. The molecular weight excluding hydrogens is 184 g/mol. The number of carboxylic acid groups (broad SMARTS) is 1. The number of carbonyl (C=O) groups is 1. The number of aromatic nitrogens is 2. The molecule has 0 saturated heterocycles. The minimum Gasteiger partial charge on any atom is -0.476 e. The van der Waals surface area contributed by atoms with Gasteiger partial charge >= 0.3 is 5.97 Å². The SMILES string of the molecule is NNc1nc(C(=O)O)c2n1CCCC2. The summed E-state index contributed by atoms with van der Waals surface area (Å²) in [7, 11) is 0. The van der Waals surface area contributed by atoms with Gasteiger partial charge in [-0.05, 0) is 19.3 Å². The Morgan fingerprint density at radius 1 is 1.57 bits per heavy atom. The lowest BCUT2D eigenvalue weighted by atomic mass is 10.1. The van der Waals surface area contributed by atoms with E-state index in [4.69, 9.17) is 10.9 Å². The maximum Gasteiger partial charge on any atom is 0.356 e. The number of hydrazine groups is 1. The van der Waals surface area contributed by atoms with Crippen molar-refractivity contribution in [2.75, 3.05) is 5.43 Å². The number of carboxylic acids is 1. The highest BCUT2D eigenvalue weighted by molar-refractivity contribution is 5.87. The molecule has 0 aromatic carbocycles. The van der Waals surface area contributed by atoms with Crippen molar-refractivity contribution in [3.05, 3.63) is 11.4 Å². The molecule has 1 aromatic rings. The Labute approximate surface area is 80.7 Å². The van der Waals surface area contributed by atoms with Crippen molar-refractivity contribution >= 4 is 11.9 Å². The maximum absolute atomic E-state index is 10.9. The molecule has 1 aromatic heterocycles. The Morgan fingerprint density at radius 2 is 2.36 bits per heavy atom. The first-order valence-electron chi connectivity index (χ1n) is 4.53. The summed E-state index contributed by atoms with van der Waals surface area (Å²) in [5.41, 5.74) is 3.32. The van der Waals surface area contributed by atoms with E-state index >= 15 is 0 Å². The van der Waals surface area contributed by atoms with Crippen molar-refractivity contribution < 1.29 is 9.90 Å². The molecule has 14 heavy (non-hydrogen) atoms. The molecule has 76 valence electrons. The zero-order valence-electron chi connectivity index (χ0n) is 7.66. The molecule has 0 spiro atoms. The summed E-state index contributed by atoms with van der Waals surface area (Å²) in [5.74, 6) is 4.71. The number of hydrogen-bond acceptors (Lipinski definition) is 4. The molecule has 1 aliphatic heterocycles. The monoisotopic (exact) mass is 196 g/mol. The van der Waals surface area contributed by atoms with Gasteiger partial charge in [0.1, 0.15) is 0 Å². The average molecular weight is 196 g/mol. The van der Waals surface area contributed by atoms with Crippen molar-refractivity contribution in [3.63, 3.8) is 0 Å². The van der Waals surface area contributed by atoms with Gasteiger partial charge in [-0.25, -0.2) is 15.6 Å². The van der Waals surface area contributed by atoms with E-state index in [0.717, 1.165) is 31.5 Å². The molecule has 0 bridgehead atoms. The minimum absolute atomic E-state index is 0.123. The summed E-state index contributed by atoms with van der Waals surface area (Å²) in [6.45, 7) is 0.787. The molecule has 6 heteroatoms. The zero-order chi connectivity index (χ0) is 10.1. The molecule has 2 heterocycles. The molecule has 6 nitrogen and oxygen atoms in total. The van der Waals surface area contributed by atoms with E-state index < -0.39 is 5.97 Å². The summed E-state index contributed by atoms with van der Waals surface area (Å²) in [6, 6.07) is 0. The van der Waals surface area contributed by atoms with Crippen molar-refractivity contribution in [3.8, 4) is 0 Å². The van der Waals surface area contributed by atoms with Crippen LogP contribution in [0.5, 0.6) is 0 Å². The van der Waals surface area contributed by atoms with Crippen LogP contribution in [0.2, 0.25) is 0 Å². The van der Waals surface area contributed by atoms with E-state index in [9.17, 15) is 4.79 Å². The largest absolute Gasteiger partial charge is 0.476 e. The Hall–Kier alpha value is -1.56. The second-order valence-corrected chi connectivity index (χ2v) is 3.29. The molecular formula is C8H12N4O2. The fraction of sp³-hybridized carbons (Fsp3) is 0.500. The number of rotatable bonds is 2. The predicted octanol–water partition coefficient (Wildman–Crippen LogP) is 0.203. The van der Waals surface area contributed by atoms with Crippen LogP contribution < -0.4 is 11.3 Å². The molecule has 0 saturated carbocycles. The van der Waals surface area contributed by atoms with Gasteiger partial charge in [0.05, 0.1) is 5.69 Å². The van der Waals surface area contributed by atoms with E-state index in [1.54, 1.807) is 0 Å². The van der Waals surface area contributed by atoms with Crippen molar-refractivity contribution in [1.82, 2.24) is 9.55 Å². The van der Waals surface area contributed by atoms with Crippen LogP contribution in [0, 0.1) is 0 Å². The van der Waals surface area contributed by atoms with Gasteiger partial charge in [-0.15, -0.1) is 0 Å². The number of hydrogen-bond donors (Lipinski definition) is 3. The Morgan fingerprint density at radius 3 is 3.00 bits per heavy atom. The van der Waals surface area contributed by atoms with Gasteiger partial charge in [-0.2, -0.15) is 0 Å². The number of nitrogens with two attached hydrogens (primary N) is 1. The van der Waals surface area contributed by atoms with Gasteiger partial charge in [-0.3, -0.25) is 5.43 Å². The first kappa shape index (κ1) is 9.01. The number of anilines is 1. The number of fused-ring (bicyclic) bond motifs is 1. The van der Waals surface area contributed by atoms with Crippen molar-refractivity contribution in [1.29, 1.82) is 0 Å². The standard InChI is InChI=1S/C8H12N4O2/c9-11-8-10-6(7(13)14)5-3-1-2-4-12(5)8/h1-4,9H2,(H,10,11)(H,13,14). The smallest absolute Gasteiger partial charge is 0.356 e. The third-order valence-electron chi connectivity index (χ3n) is 2.45. The van der Waals surface area contributed by atoms with Crippen molar-refractivity contribution in [2.24, 2.45) is 5.84 Å². The van der Waals surface area contributed by atoms with Gasteiger partial charge in [0.25, 0.3) is 0 Å². The van der Waals surface area contributed by atoms with Crippen LogP contribution in [-0.2, 0) is 13.0 Å². The summed E-state index contributed by atoms with van der Waals surface area (Å²) < 4.78 is 1.84. The van der Waals surface area contributed by atoms with Gasteiger partial charge in [0, 0.05) is 6.54 Å². The first-order chi connectivity index (χ1) is 6.74. The van der Waals surface area contributed by atoms with E-state index in [1.165, 1.54) is 0 Å². The topological polar surface area (TPSA) is 93.2 Å². The van der Waals surface area contributed by atoms with E-state index in [-0.39, 0.29) is 5.69 Å². The molecule has 0 fully saturated rings. The third-order valence-corrected chi connectivity index (χ3v) is 2.45. The molecule has 2 rings (SSSR count). The van der Waals surface area contributed by atoms with Gasteiger partial charge < -0.3 is 9.67 Å². The zero-order valence-corrected chi connectivity index (χ0v) is 7.66. The second kappa shape index (κ2) is 3.30. The minimum atomic E-state index is -0.989. The average Bonchev–Trinajstić information content (AvgIpc) is 2.56. The summed E-state index contributed by atoms with van der Waals surface area (Å²) in [6.07, 6.45) is 2.81. The molecule has 0 unspecified atom stereocenters. The van der Waals surface area contributed by atoms with Gasteiger partial charge in [0.15, 0.2) is 5.69 Å². The fourth-order valence-corrected chi connectivity index (χ4v) is 1.82. The van der Waals surface area contributed by atoms with Crippen LogP contribution in [0.25, 0.3) is 0 Å². The molecule has 0 atom stereocenters. The number of nitrogens with one attached hydrogen (secondary N) is 1. The van der Waals surface area contributed by atoms with Gasteiger partial charge in [0.2, 0.25) is 5.95 Å². The normalized spacial score (nSPS) is 14.9. The maximum atomic E-state index is 10.9. The highest BCUT2D eigenvalue weighted by atomic mass is 16.4. The predicted molar refractivity (Wildman–Crippen MR) is 49.9 cm³/mol. The van der Waals surface area contributed by atoms with Gasteiger partial charge in [-0.1, -0.05) is 0 Å². The number of nitrogen functional groups attached to an aromatic ring is 1. The number of aromatic carboxylic acids is 1. The first-order valence-corrected chi connectivity index (χ1v) is 4.53. The van der Waals surface area contributed by atoms with E-state index in [2.05, 4.69) is 10.4 Å². The molecule has 0 amide bonds. The van der Waals surface area contributed by atoms with Crippen LogP contribution in [0.4, 0.5) is 5.95 Å². The summed E-state index contributed by atoms with van der Waals surface area (Å²) >= 11 is 0. The Balaban J connectivity index is 2.52. The number of nitrogens with zero attached hydrogens (tertiary/aromatic N) is 2. The van der Waals surface area contributed by atoms with Crippen LogP contribution in [0.1, 0.15) is 29.0 Å². The van der Waals surface area contributed by atoms with Crippen LogP contribution in [0.15, 0.2) is 0 Å². The van der Waals surface area contributed by atoms with E-state index in [1.807, 2.05) is 4.57 Å². The highest BCUT2D eigenvalue weighted by Gasteiger charge is 2.23. The lowest BCUT2D eigenvalue weighted by Gasteiger charge is -2.15. The molecule has 4 N–H and O–H groups in total. The van der Waals surface area contributed by atoms with Crippen LogP contribution >= 0.6 is 0 Å². The van der Waals surface area contributed by atoms with Crippen LogP contribution in [0.3, 0.4) is 0 Å². The fourth-order valence-electron chi connectivity index (χ4n) is 1.82. The van der Waals surface area contributed by atoms with E-state index in [0.29, 0.717) is 5.95 Å². The highest BCUT2D eigenvalue weighted by Crippen LogP contribution is 2.23. The Bertz CT molecular complexity index is 372. The van der Waals surface area contributed by atoms with Crippen LogP contribution in [-0.4, -0.2) is 20.6 Å². The Kier molecular flexibility index (Phi) is 2.12. The van der Waals surface area contributed by atoms with Crippen molar-refractivity contribution in [2.45, 2.75) is 25.8 Å². The lowest BCUT2D eigenvalue weighted by Crippen LogP contribution is -2.17. The molecule has 1 aliphatic rings. The quantitative estimate of drug-likeness (QED) is 0.464. The number of imidazole rings is 1. The summed E-state index contributed by atoms with van der Waals surface area (Å²) in [4.78, 5) is 14.8. The lowest BCUT2D eigenvalue weighted by molar-refractivity contribution is 0.0689. The second-order valence-electron chi connectivity index (χ2n) is 3.29. The summed E-state index contributed by atoms with van der Waals surface area (Å²) in [5, 5.41) is 8.91.